The summed E-state index contributed by atoms with van der Waals surface area (Å²) in [6.07, 6.45) is -1.79. The van der Waals surface area contributed by atoms with E-state index in [-0.39, 0.29) is 11.3 Å². The van der Waals surface area contributed by atoms with E-state index in [1.54, 1.807) is 24.3 Å². The molecule has 0 aromatic heterocycles. The predicted molar refractivity (Wildman–Crippen MR) is 142 cm³/mol. The molecule has 2 heterocycles. The Balaban J connectivity index is 1.42. The minimum atomic E-state index is -2.57. The Morgan fingerprint density at radius 3 is 2.54 bits per heavy atom. The van der Waals surface area contributed by atoms with Crippen molar-refractivity contribution in [3.8, 4) is 17.2 Å². The summed E-state index contributed by atoms with van der Waals surface area (Å²) in [6, 6.07) is 19.7. The maximum atomic E-state index is 13.4. The molecule has 3 atom stereocenters. The van der Waals surface area contributed by atoms with Crippen LogP contribution in [0.25, 0.3) is 11.1 Å². The van der Waals surface area contributed by atoms with E-state index >= 15 is 0 Å². The Hall–Kier alpha value is -3.38. The number of phenols is 1. The Morgan fingerprint density at radius 2 is 1.86 bits per heavy atom. The first-order valence-electron chi connectivity index (χ1n) is 12.9. The summed E-state index contributed by atoms with van der Waals surface area (Å²) in [7, 11) is 0. The molecule has 1 N–H and O–H groups in total. The number of nitrogens with zero attached hydrogens (tertiary/aromatic N) is 1. The smallest absolute Gasteiger partial charge is 0.263 e. The molecule has 3 unspecified atom stereocenters. The van der Waals surface area contributed by atoms with Gasteiger partial charge in [0.2, 0.25) is 0 Å². The van der Waals surface area contributed by atoms with Crippen LogP contribution in [0.3, 0.4) is 0 Å². The Bertz CT molecular complexity index is 1290. The highest BCUT2D eigenvalue weighted by Gasteiger charge is 2.30. The lowest BCUT2D eigenvalue weighted by molar-refractivity contribution is 0.151. The highest BCUT2D eigenvalue weighted by atomic mass is 19.3. The second-order valence-electron chi connectivity index (χ2n) is 10.3. The third-order valence-corrected chi connectivity index (χ3v) is 7.48. The monoisotopic (exact) mass is 505 g/mol. The molecule has 4 nitrogen and oxygen atoms in total. The van der Waals surface area contributed by atoms with Crippen molar-refractivity contribution in [2.24, 2.45) is 5.92 Å². The van der Waals surface area contributed by atoms with Crippen LogP contribution in [0.4, 0.5) is 8.78 Å². The van der Waals surface area contributed by atoms with Gasteiger partial charge in [-0.1, -0.05) is 31.2 Å². The van der Waals surface area contributed by atoms with E-state index in [0.717, 1.165) is 47.0 Å². The maximum Gasteiger partial charge on any atom is 0.263 e. The van der Waals surface area contributed by atoms with Crippen LogP contribution in [0, 0.1) is 5.92 Å². The fourth-order valence-electron chi connectivity index (χ4n) is 5.31. The molecule has 194 valence electrons. The number of rotatable bonds is 7. The zero-order valence-electron chi connectivity index (χ0n) is 21.5. The van der Waals surface area contributed by atoms with Crippen molar-refractivity contribution in [3.63, 3.8) is 0 Å². The molecule has 0 radical (unpaired) electrons. The number of hydrogen-bond donors (Lipinski definition) is 1. The van der Waals surface area contributed by atoms with Gasteiger partial charge in [0.05, 0.1) is 0 Å². The van der Waals surface area contributed by atoms with Gasteiger partial charge in [-0.3, -0.25) is 4.90 Å². The first-order valence-corrected chi connectivity index (χ1v) is 12.9. The van der Waals surface area contributed by atoms with E-state index in [4.69, 9.17) is 9.47 Å². The number of phenolic OH excluding ortho intramolecular Hbond substituents is 1. The lowest BCUT2D eigenvalue weighted by Crippen LogP contribution is -2.35. The number of halogens is 2. The van der Waals surface area contributed by atoms with Gasteiger partial charge < -0.3 is 14.6 Å². The van der Waals surface area contributed by atoms with Gasteiger partial charge in [0.25, 0.3) is 6.43 Å². The van der Waals surface area contributed by atoms with Crippen LogP contribution in [0.1, 0.15) is 62.0 Å². The highest BCUT2D eigenvalue weighted by molar-refractivity contribution is 5.95. The van der Waals surface area contributed by atoms with E-state index in [0.29, 0.717) is 24.0 Å². The molecular formula is C31H33F2NO3. The Morgan fingerprint density at radius 1 is 1.08 bits per heavy atom. The third kappa shape index (κ3) is 5.35. The lowest BCUT2D eigenvalue weighted by Gasteiger charge is -2.31. The molecule has 0 spiro atoms. The zero-order chi connectivity index (χ0) is 26.1. The minimum Gasteiger partial charge on any atom is -0.508 e. The van der Waals surface area contributed by atoms with Crippen molar-refractivity contribution in [3.05, 3.63) is 89.0 Å². The molecule has 6 heteroatoms. The number of aromatic hydroxyl groups is 1. The van der Waals surface area contributed by atoms with E-state index < -0.39 is 12.5 Å². The summed E-state index contributed by atoms with van der Waals surface area (Å²) in [4.78, 5) is 2.47. The van der Waals surface area contributed by atoms with Crippen molar-refractivity contribution < 1.29 is 23.4 Å². The van der Waals surface area contributed by atoms with Crippen molar-refractivity contribution in [1.82, 2.24) is 4.90 Å². The van der Waals surface area contributed by atoms with E-state index in [9.17, 15) is 13.9 Å². The summed E-state index contributed by atoms with van der Waals surface area (Å²) in [5.74, 6) is 2.22. The summed E-state index contributed by atoms with van der Waals surface area (Å²) < 4.78 is 39.4. The molecule has 0 bridgehead atoms. The number of likely N-dealkylation sites (tertiary alicyclic amines) is 1. The van der Waals surface area contributed by atoms with E-state index in [1.165, 1.54) is 18.6 Å². The normalized spacial score (nSPS) is 20.6. The van der Waals surface area contributed by atoms with Gasteiger partial charge in [-0.05, 0) is 91.9 Å². The van der Waals surface area contributed by atoms with Crippen molar-refractivity contribution in [2.45, 2.75) is 45.8 Å². The summed E-state index contributed by atoms with van der Waals surface area (Å²) in [5, 5.41) is 10.1. The minimum absolute atomic E-state index is 0.0467. The van der Waals surface area contributed by atoms with Crippen LogP contribution >= 0.6 is 0 Å². The van der Waals surface area contributed by atoms with Gasteiger partial charge in [0.15, 0.2) is 0 Å². The number of alkyl halides is 2. The molecule has 0 amide bonds. The van der Waals surface area contributed by atoms with E-state index in [1.807, 2.05) is 37.3 Å². The largest absolute Gasteiger partial charge is 0.508 e. The van der Waals surface area contributed by atoms with Crippen LogP contribution in [0.5, 0.6) is 17.2 Å². The first-order chi connectivity index (χ1) is 17.8. The van der Waals surface area contributed by atoms with Crippen LogP contribution in [-0.2, 0) is 0 Å². The summed E-state index contributed by atoms with van der Waals surface area (Å²) >= 11 is 0. The predicted octanol–water partition coefficient (Wildman–Crippen LogP) is 7.50. The molecule has 1 saturated heterocycles. The molecule has 3 aromatic rings. The third-order valence-electron chi connectivity index (χ3n) is 7.48. The van der Waals surface area contributed by atoms with Crippen molar-refractivity contribution in [2.75, 3.05) is 19.7 Å². The zero-order valence-corrected chi connectivity index (χ0v) is 21.5. The number of fused-ring (bicyclic) bond motifs is 1. The fraction of sp³-hybridized carbons (Fsp3) is 0.355. The van der Waals surface area contributed by atoms with Crippen molar-refractivity contribution in [1.29, 1.82) is 0 Å². The second-order valence-corrected chi connectivity index (χ2v) is 10.3. The molecule has 2 aliphatic rings. The van der Waals surface area contributed by atoms with Gasteiger partial charge in [0.1, 0.15) is 30.0 Å². The average Bonchev–Trinajstić information content (AvgIpc) is 3.33. The maximum absolute atomic E-state index is 13.4. The quantitative estimate of drug-likeness (QED) is 0.361. The van der Waals surface area contributed by atoms with Gasteiger partial charge in [-0.15, -0.1) is 0 Å². The second kappa shape index (κ2) is 10.5. The SMILES string of the molecule is CC1=C(c2cccc(O)c2)C(c2ccc(OCC(C)N3CCC(C)C3)cc2)Oc2ccc(C(F)F)cc21. The van der Waals surface area contributed by atoms with Gasteiger partial charge in [-0.25, -0.2) is 8.78 Å². The standard InChI is InChI=1S/C31H33F2NO3/c1-19-13-14-34(17-19)20(2)18-36-26-10-7-22(8-11-26)30-29(23-5-4-6-25(35)15-23)21(3)27-16-24(31(32)33)9-12-28(27)37-30/h4-12,15-16,19-20,30-31,35H,13-14,17-18H2,1-3H3. The lowest BCUT2D eigenvalue weighted by atomic mass is 9.85. The molecule has 0 saturated carbocycles. The number of benzene rings is 3. The topological polar surface area (TPSA) is 41.9 Å². The molecule has 5 rings (SSSR count). The molecule has 2 aliphatic heterocycles. The number of ether oxygens (including phenoxy) is 2. The Labute approximate surface area is 217 Å². The molecule has 37 heavy (non-hydrogen) atoms. The highest BCUT2D eigenvalue weighted by Crippen LogP contribution is 2.47. The molecule has 0 aliphatic carbocycles. The first kappa shape index (κ1) is 25.3. The van der Waals surface area contributed by atoms with Crippen LogP contribution in [0.15, 0.2) is 66.7 Å². The van der Waals surface area contributed by atoms with Crippen LogP contribution in [0.2, 0.25) is 0 Å². The average molecular weight is 506 g/mol. The van der Waals surface area contributed by atoms with Crippen LogP contribution in [-0.4, -0.2) is 35.7 Å². The molecule has 3 aromatic carbocycles. The number of hydrogen-bond acceptors (Lipinski definition) is 4. The van der Waals surface area contributed by atoms with Crippen molar-refractivity contribution >= 4 is 11.1 Å². The molecule has 1 fully saturated rings. The molecular weight excluding hydrogens is 472 g/mol. The van der Waals surface area contributed by atoms with Gasteiger partial charge in [0, 0.05) is 29.3 Å². The van der Waals surface area contributed by atoms with Gasteiger partial charge >= 0.3 is 0 Å². The Kier molecular flexibility index (Phi) is 7.20. The summed E-state index contributed by atoms with van der Waals surface area (Å²) in [5.41, 5.74) is 3.96. The van der Waals surface area contributed by atoms with Gasteiger partial charge in [-0.2, -0.15) is 0 Å². The van der Waals surface area contributed by atoms with Crippen LogP contribution < -0.4 is 9.47 Å². The number of allylic oxidation sites excluding steroid dienone is 1. The summed E-state index contributed by atoms with van der Waals surface area (Å²) in [6.45, 7) is 9.27. The fourth-order valence-corrected chi connectivity index (χ4v) is 5.31. The van der Waals surface area contributed by atoms with E-state index in [2.05, 4.69) is 18.7 Å².